The average molecular weight is 365 g/mol. The van der Waals surface area contributed by atoms with Gasteiger partial charge < -0.3 is 15.0 Å². The van der Waals surface area contributed by atoms with Crippen LogP contribution >= 0.6 is 0 Å². The number of ether oxygens (including phenoxy) is 1. The second-order valence-corrected chi connectivity index (χ2v) is 6.18. The molecule has 0 bridgehead atoms. The number of rotatable bonds is 4. The van der Waals surface area contributed by atoms with Gasteiger partial charge in [0.2, 0.25) is 0 Å². The molecule has 0 aliphatic carbocycles. The van der Waals surface area contributed by atoms with Crippen LogP contribution < -0.4 is 10.2 Å². The van der Waals surface area contributed by atoms with Crippen LogP contribution in [0.3, 0.4) is 0 Å². The molecule has 0 unspecified atom stereocenters. The number of quaternary nitrogens is 1. The van der Waals surface area contributed by atoms with Crippen molar-refractivity contribution in [1.82, 2.24) is 0 Å². The number of carbonyl (C=O) groups excluding carboxylic acids is 1. The van der Waals surface area contributed by atoms with Gasteiger partial charge in [-0.2, -0.15) is 13.2 Å². The molecule has 0 saturated carbocycles. The highest BCUT2D eigenvalue weighted by atomic mass is 19.4. The predicted octanol–water partition coefficient (Wildman–Crippen LogP) is 2.30. The molecule has 1 aliphatic heterocycles. The Morgan fingerprint density at radius 3 is 2.38 bits per heavy atom. The average Bonchev–Trinajstić information content (AvgIpc) is 2.63. The number of alkyl halides is 3. The van der Waals surface area contributed by atoms with Gasteiger partial charge in [-0.3, -0.25) is 4.79 Å². The van der Waals surface area contributed by atoms with Crippen molar-refractivity contribution in [2.24, 2.45) is 0 Å². The van der Waals surface area contributed by atoms with E-state index in [0.717, 1.165) is 22.6 Å². The fraction of sp³-hybridized carbons (Fsp3) is 0.316. The van der Waals surface area contributed by atoms with Gasteiger partial charge in [-0.25, -0.2) is 0 Å². The summed E-state index contributed by atoms with van der Waals surface area (Å²) in [6.45, 7) is 2.43. The fourth-order valence-corrected chi connectivity index (χ4v) is 3.13. The van der Waals surface area contributed by atoms with Crippen LogP contribution in [0.4, 0.5) is 18.9 Å². The van der Waals surface area contributed by atoms with Gasteiger partial charge in [0.05, 0.1) is 18.8 Å². The van der Waals surface area contributed by atoms with Crippen LogP contribution in [0.25, 0.3) is 0 Å². The standard InChI is InChI=1S/C19H19F3N2O2/c20-19(21,22)15-7-4-8-16(13-15)23-18(25)17(14-5-2-1-3-6-14)24-9-11-26-12-10-24/h1-8,13,17H,9-12H2,(H,23,25)/p+1/t17-/m0/s1. The maximum atomic E-state index is 12.9. The summed E-state index contributed by atoms with van der Waals surface area (Å²) >= 11 is 0. The molecular formula is C19H20F3N2O2+. The highest BCUT2D eigenvalue weighted by Gasteiger charge is 2.34. The van der Waals surface area contributed by atoms with E-state index >= 15 is 0 Å². The summed E-state index contributed by atoms with van der Waals surface area (Å²) in [6, 6.07) is 13.5. The van der Waals surface area contributed by atoms with Crippen molar-refractivity contribution in [2.75, 3.05) is 31.6 Å². The van der Waals surface area contributed by atoms with E-state index in [4.69, 9.17) is 4.74 Å². The third-order valence-electron chi connectivity index (χ3n) is 4.40. The molecule has 138 valence electrons. The molecule has 0 spiro atoms. The Labute approximate surface area is 149 Å². The van der Waals surface area contributed by atoms with E-state index in [0.29, 0.717) is 26.3 Å². The van der Waals surface area contributed by atoms with Crippen molar-refractivity contribution in [3.05, 3.63) is 65.7 Å². The van der Waals surface area contributed by atoms with E-state index in [-0.39, 0.29) is 11.6 Å². The molecule has 2 aromatic rings. The van der Waals surface area contributed by atoms with Crippen molar-refractivity contribution in [2.45, 2.75) is 12.2 Å². The Bertz CT molecular complexity index is 744. The van der Waals surface area contributed by atoms with Crippen molar-refractivity contribution < 1.29 is 27.6 Å². The lowest BCUT2D eigenvalue weighted by molar-refractivity contribution is -0.929. The summed E-state index contributed by atoms with van der Waals surface area (Å²) in [6.07, 6.45) is -4.45. The minimum atomic E-state index is -4.45. The van der Waals surface area contributed by atoms with Crippen LogP contribution in [0.5, 0.6) is 0 Å². The maximum absolute atomic E-state index is 12.9. The Morgan fingerprint density at radius 1 is 1.04 bits per heavy atom. The van der Waals surface area contributed by atoms with E-state index < -0.39 is 17.8 Å². The Morgan fingerprint density at radius 2 is 1.73 bits per heavy atom. The fourth-order valence-electron chi connectivity index (χ4n) is 3.13. The van der Waals surface area contributed by atoms with Crippen LogP contribution in [0.15, 0.2) is 54.6 Å². The van der Waals surface area contributed by atoms with Crippen molar-refractivity contribution in [3.8, 4) is 0 Å². The lowest BCUT2D eigenvalue weighted by Crippen LogP contribution is -3.15. The zero-order chi connectivity index (χ0) is 18.6. The summed E-state index contributed by atoms with van der Waals surface area (Å²) in [5, 5.41) is 2.65. The van der Waals surface area contributed by atoms with Gasteiger partial charge in [-0.15, -0.1) is 0 Å². The van der Waals surface area contributed by atoms with E-state index in [1.165, 1.54) is 12.1 Å². The molecule has 2 N–H and O–H groups in total. The molecular weight excluding hydrogens is 345 g/mol. The Balaban J connectivity index is 1.84. The van der Waals surface area contributed by atoms with E-state index in [9.17, 15) is 18.0 Å². The summed E-state index contributed by atoms with van der Waals surface area (Å²) in [4.78, 5) is 14.0. The second kappa shape index (κ2) is 7.88. The SMILES string of the molecule is O=C(Nc1cccc(C(F)(F)F)c1)[C@H](c1ccccc1)[NH+]1CCOCC1. The monoisotopic (exact) mass is 365 g/mol. The molecule has 0 radical (unpaired) electrons. The van der Waals surface area contributed by atoms with Gasteiger partial charge in [-0.05, 0) is 18.2 Å². The zero-order valence-electron chi connectivity index (χ0n) is 14.1. The molecule has 1 heterocycles. The Kier molecular flexibility index (Phi) is 5.58. The van der Waals surface area contributed by atoms with Crippen LogP contribution in [-0.4, -0.2) is 32.2 Å². The summed E-state index contributed by atoms with van der Waals surface area (Å²) in [5.74, 6) is -0.326. The topological polar surface area (TPSA) is 42.8 Å². The summed E-state index contributed by atoms with van der Waals surface area (Å²) < 4.78 is 44.0. The number of benzene rings is 2. The molecule has 26 heavy (non-hydrogen) atoms. The molecule has 1 saturated heterocycles. The van der Waals surface area contributed by atoms with Gasteiger partial charge in [0.1, 0.15) is 13.1 Å². The van der Waals surface area contributed by atoms with Gasteiger partial charge in [0, 0.05) is 11.3 Å². The smallest absolute Gasteiger partial charge is 0.370 e. The molecule has 1 fully saturated rings. The van der Waals surface area contributed by atoms with Gasteiger partial charge >= 0.3 is 6.18 Å². The molecule has 1 atom stereocenters. The van der Waals surface area contributed by atoms with E-state index in [1.807, 2.05) is 30.3 Å². The van der Waals surface area contributed by atoms with E-state index in [2.05, 4.69) is 5.32 Å². The molecule has 7 heteroatoms. The molecule has 1 aliphatic rings. The van der Waals surface area contributed by atoms with Crippen molar-refractivity contribution >= 4 is 11.6 Å². The van der Waals surface area contributed by atoms with Crippen LogP contribution in [0.1, 0.15) is 17.2 Å². The number of halogens is 3. The van der Waals surface area contributed by atoms with Crippen LogP contribution in [-0.2, 0) is 15.7 Å². The minimum absolute atomic E-state index is 0.137. The third-order valence-corrected chi connectivity index (χ3v) is 4.40. The first-order valence-corrected chi connectivity index (χ1v) is 8.40. The van der Waals surface area contributed by atoms with Crippen LogP contribution in [0.2, 0.25) is 0 Å². The molecule has 0 aromatic heterocycles. The van der Waals surface area contributed by atoms with Crippen molar-refractivity contribution in [1.29, 1.82) is 0 Å². The van der Waals surface area contributed by atoms with E-state index in [1.54, 1.807) is 0 Å². The Hall–Kier alpha value is -2.38. The number of morpholine rings is 1. The summed E-state index contributed by atoms with van der Waals surface area (Å²) in [5.41, 5.74) is 0.178. The molecule has 4 nitrogen and oxygen atoms in total. The first-order valence-electron chi connectivity index (χ1n) is 8.40. The maximum Gasteiger partial charge on any atom is 0.416 e. The zero-order valence-corrected chi connectivity index (χ0v) is 14.1. The highest BCUT2D eigenvalue weighted by Crippen LogP contribution is 2.30. The minimum Gasteiger partial charge on any atom is -0.370 e. The molecule has 3 rings (SSSR count). The highest BCUT2D eigenvalue weighted by molar-refractivity contribution is 5.94. The number of nitrogens with one attached hydrogen (secondary N) is 2. The van der Waals surface area contributed by atoms with Gasteiger partial charge in [-0.1, -0.05) is 36.4 Å². The molecule has 1 amide bonds. The first kappa shape index (κ1) is 18.4. The number of amides is 1. The lowest BCUT2D eigenvalue weighted by Gasteiger charge is -2.30. The predicted molar refractivity (Wildman–Crippen MR) is 90.8 cm³/mol. The lowest BCUT2D eigenvalue weighted by atomic mass is 10.0. The molecule has 2 aromatic carbocycles. The van der Waals surface area contributed by atoms with Gasteiger partial charge in [0.25, 0.3) is 5.91 Å². The number of carbonyl (C=O) groups is 1. The van der Waals surface area contributed by atoms with Crippen LogP contribution in [0, 0.1) is 0 Å². The van der Waals surface area contributed by atoms with Gasteiger partial charge in [0.15, 0.2) is 6.04 Å². The number of anilines is 1. The first-order chi connectivity index (χ1) is 12.4. The summed E-state index contributed by atoms with van der Waals surface area (Å²) in [7, 11) is 0. The normalized spacial score (nSPS) is 16.9. The number of hydrogen-bond donors (Lipinski definition) is 2. The largest absolute Gasteiger partial charge is 0.416 e. The third kappa shape index (κ3) is 4.42. The number of hydrogen-bond acceptors (Lipinski definition) is 2. The van der Waals surface area contributed by atoms with Crippen molar-refractivity contribution in [3.63, 3.8) is 0 Å². The quantitative estimate of drug-likeness (QED) is 0.873. The second-order valence-electron chi connectivity index (χ2n) is 6.18.